The first-order chi connectivity index (χ1) is 14.3. The van der Waals surface area contributed by atoms with Crippen molar-refractivity contribution in [2.45, 2.75) is 104 Å². The summed E-state index contributed by atoms with van der Waals surface area (Å²) in [6.07, 6.45) is 21.5. The predicted molar refractivity (Wildman–Crippen MR) is 129 cm³/mol. The zero-order valence-electron chi connectivity index (χ0n) is 18.8. The van der Waals surface area contributed by atoms with E-state index in [-0.39, 0.29) is 5.43 Å². The van der Waals surface area contributed by atoms with Gasteiger partial charge in [-0.2, -0.15) is 0 Å². The zero-order chi connectivity index (χ0) is 20.7. The van der Waals surface area contributed by atoms with Crippen LogP contribution in [0.1, 0.15) is 103 Å². The topological polar surface area (TPSA) is 22.0 Å². The van der Waals surface area contributed by atoms with E-state index in [1.807, 2.05) is 24.3 Å². The minimum Gasteiger partial charge on any atom is -0.341 e. The molecule has 0 spiro atoms. The Hall–Kier alpha value is -1.83. The third-order valence-electron chi connectivity index (χ3n) is 5.80. The minimum absolute atomic E-state index is 0.131. The molecule has 0 unspecified atom stereocenters. The van der Waals surface area contributed by atoms with Gasteiger partial charge in [-0.25, -0.2) is 0 Å². The van der Waals surface area contributed by atoms with Crippen molar-refractivity contribution < 1.29 is 0 Å². The Labute approximate surface area is 178 Å². The van der Waals surface area contributed by atoms with Crippen molar-refractivity contribution in [1.82, 2.24) is 4.57 Å². The standard InChI is InChI=1S/C27H41NO/c1-3-5-7-8-9-10-11-12-13-14-15-16-19-24-23-27(29)25-20-17-18-21-26(25)28(24)22-6-4-2/h16-21,23H,3-15,22H2,1-2H3/b19-16+. The third kappa shape index (κ3) is 8.20. The molecule has 0 saturated carbocycles. The predicted octanol–water partition coefficient (Wildman–Crippen LogP) is 8.13. The van der Waals surface area contributed by atoms with Gasteiger partial charge in [0.05, 0.1) is 5.52 Å². The van der Waals surface area contributed by atoms with Gasteiger partial charge >= 0.3 is 0 Å². The first-order valence-corrected chi connectivity index (χ1v) is 12.1. The van der Waals surface area contributed by atoms with Gasteiger partial charge in [-0.05, 0) is 37.5 Å². The number of benzene rings is 1. The molecule has 1 heterocycles. The van der Waals surface area contributed by atoms with Crippen LogP contribution in [0, 0.1) is 0 Å². The van der Waals surface area contributed by atoms with E-state index in [2.05, 4.69) is 36.6 Å². The number of allylic oxidation sites excluding steroid dienone is 1. The van der Waals surface area contributed by atoms with Crippen molar-refractivity contribution in [2.24, 2.45) is 0 Å². The molecule has 2 aromatic rings. The molecule has 2 nitrogen and oxygen atoms in total. The molecular formula is C27H41NO. The molecule has 2 rings (SSSR count). The average molecular weight is 396 g/mol. The Morgan fingerprint density at radius 2 is 1.41 bits per heavy atom. The molecule has 0 aliphatic carbocycles. The van der Waals surface area contributed by atoms with Crippen LogP contribution in [0.5, 0.6) is 0 Å². The second kappa shape index (κ2) is 14.2. The summed E-state index contributed by atoms with van der Waals surface area (Å²) in [5, 5.41) is 0.829. The lowest BCUT2D eigenvalue weighted by molar-refractivity contribution is 0.558. The normalized spacial score (nSPS) is 11.7. The quantitative estimate of drug-likeness (QED) is 0.279. The second-order valence-corrected chi connectivity index (χ2v) is 8.33. The molecule has 0 N–H and O–H groups in total. The first kappa shape index (κ1) is 23.4. The van der Waals surface area contributed by atoms with E-state index in [0.717, 1.165) is 42.4 Å². The van der Waals surface area contributed by atoms with Crippen LogP contribution >= 0.6 is 0 Å². The molecule has 0 bridgehead atoms. The van der Waals surface area contributed by atoms with Crippen LogP contribution in [0.25, 0.3) is 17.0 Å². The van der Waals surface area contributed by atoms with E-state index in [1.165, 1.54) is 64.2 Å². The van der Waals surface area contributed by atoms with Crippen LogP contribution in [0.3, 0.4) is 0 Å². The highest BCUT2D eigenvalue weighted by atomic mass is 16.1. The number of para-hydroxylation sites is 1. The van der Waals surface area contributed by atoms with Crippen LogP contribution in [-0.4, -0.2) is 4.57 Å². The van der Waals surface area contributed by atoms with Gasteiger partial charge in [-0.3, -0.25) is 4.79 Å². The number of nitrogens with zero attached hydrogens (tertiary/aromatic N) is 1. The maximum atomic E-state index is 12.5. The summed E-state index contributed by atoms with van der Waals surface area (Å²) in [5.74, 6) is 0. The molecule has 0 aliphatic heterocycles. The first-order valence-electron chi connectivity index (χ1n) is 12.1. The lowest BCUT2D eigenvalue weighted by atomic mass is 10.1. The Balaban J connectivity index is 1.80. The largest absolute Gasteiger partial charge is 0.341 e. The summed E-state index contributed by atoms with van der Waals surface area (Å²) >= 11 is 0. The fourth-order valence-corrected chi connectivity index (χ4v) is 4.00. The molecular weight excluding hydrogens is 354 g/mol. The maximum Gasteiger partial charge on any atom is 0.190 e. The second-order valence-electron chi connectivity index (χ2n) is 8.33. The summed E-state index contributed by atoms with van der Waals surface area (Å²) in [6.45, 7) is 5.46. The Morgan fingerprint density at radius 1 is 0.793 bits per heavy atom. The highest BCUT2D eigenvalue weighted by Gasteiger charge is 2.06. The van der Waals surface area contributed by atoms with Crippen LogP contribution in [0.15, 0.2) is 41.2 Å². The van der Waals surface area contributed by atoms with Crippen molar-refractivity contribution in [2.75, 3.05) is 0 Å². The van der Waals surface area contributed by atoms with Gasteiger partial charge in [0, 0.05) is 23.7 Å². The van der Waals surface area contributed by atoms with Crippen LogP contribution in [-0.2, 0) is 6.54 Å². The molecule has 0 aliphatic rings. The Morgan fingerprint density at radius 3 is 2.10 bits per heavy atom. The lowest BCUT2D eigenvalue weighted by Gasteiger charge is -2.14. The third-order valence-corrected chi connectivity index (χ3v) is 5.80. The fraction of sp³-hybridized carbons (Fsp3) is 0.593. The number of hydrogen-bond acceptors (Lipinski definition) is 1. The molecule has 0 amide bonds. The molecule has 0 radical (unpaired) electrons. The molecule has 0 fully saturated rings. The van der Waals surface area contributed by atoms with Crippen molar-refractivity contribution in [1.29, 1.82) is 0 Å². The molecule has 29 heavy (non-hydrogen) atoms. The number of pyridine rings is 1. The van der Waals surface area contributed by atoms with Gasteiger partial charge in [0.1, 0.15) is 0 Å². The molecule has 2 heteroatoms. The average Bonchev–Trinajstić information content (AvgIpc) is 2.74. The highest BCUT2D eigenvalue weighted by Crippen LogP contribution is 2.16. The van der Waals surface area contributed by atoms with Gasteiger partial charge in [0.2, 0.25) is 0 Å². The lowest BCUT2D eigenvalue weighted by Crippen LogP contribution is -2.12. The molecule has 160 valence electrons. The Bertz CT molecular complexity index is 787. The fourth-order valence-electron chi connectivity index (χ4n) is 4.00. The van der Waals surface area contributed by atoms with Crippen LogP contribution < -0.4 is 5.43 Å². The SMILES string of the molecule is CCCCCCCCCCCC/C=C/c1cc(=O)c2ccccc2n1CCCC. The van der Waals surface area contributed by atoms with E-state index in [1.54, 1.807) is 0 Å². The number of unbranched alkanes of at least 4 members (excludes halogenated alkanes) is 11. The smallest absolute Gasteiger partial charge is 0.190 e. The number of aryl methyl sites for hydroxylation is 1. The minimum atomic E-state index is 0.131. The summed E-state index contributed by atoms with van der Waals surface area (Å²) in [4.78, 5) is 12.5. The number of aromatic nitrogens is 1. The highest BCUT2D eigenvalue weighted by molar-refractivity contribution is 5.80. The van der Waals surface area contributed by atoms with Crippen LogP contribution in [0.4, 0.5) is 0 Å². The number of hydrogen-bond donors (Lipinski definition) is 0. The van der Waals surface area contributed by atoms with Gasteiger partial charge in [0.25, 0.3) is 0 Å². The summed E-state index contributed by atoms with van der Waals surface area (Å²) in [5.41, 5.74) is 2.24. The Kier molecular flexibility index (Phi) is 11.5. The van der Waals surface area contributed by atoms with E-state index in [4.69, 9.17) is 0 Å². The van der Waals surface area contributed by atoms with Crippen molar-refractivity contribution in [3.8, 4) is 0 Å². The summed E-state index contributed by atoms with van der Waals surface area (Å²) in [6, 6.07) is 9.81. The maximum absolute atomic E-state index is 12.5. The van der Waals surface area contributed by atoms with E-state index in [0.29, 0.717) is 0 Å². The monoisotopic (exact) mass is 395 g/mol. The molecule has 1 aromatic carbocycles. The van der Waals surface area contributed by atoms with Crippen molar-refractivity contribution >= 4 is 17.0 Å². The molecule has 0 atom stereocenters. The van der Waals surface area contributed by atoms with Gasteiger partial charge in [-0.1, -0.05) is 96.3 Å². The van der Waals surface area contributed by atoms with E-state index in [9.17, 15) is 4.79 Å². The van der Waals surface area contributed by atoms with Crippen molar-refractivity contribution in [3.05, 3.63) is 52.3 Å². The van der Waals surface area contributed by atoms with Gasteiger partial charge in [0.15, 0.2) is 5.43 Å². The zero-order valence-corrected chi connectivity index (χ0v) is 18.8. The number of fused-ring (bicyclic) bond motifs is 1. The summed E-state index contributed by atoms with van der Waals surface area (Å²) in [7, 11) is 0. The van der Waals surface area contributed by atoms with E-state index >= 15 is 0 Å². The molecule has 1 aromatic heterocycles. The number of rotatable bonds is 15. The summed E-state index contributed by atoms with van der Waals surface area (Å²) < 4.78 is 2.31. The van der Waals surface area contributed by atoms with Crippen LogP contribution in [0.2, 0.25) is 0 Å². The van der Waals surface area contributed by atoms with E-state index < -0.39 is 0 Å². The molecule has 0 saturated heterocycles. The van der Waals surface area contributed by atoms with Crippen molar-refractivity contribution in [3.63, 3.8) is 0 Å². The van der Waals surface area contributed by atoms with Gasteiger partial charge in [-0.15, -0.1) is 0 Å². The van der Waals surface area contributed by atoms with Gasteiger partial charge < -0.3 is 4.57 Å².